The average molecular weight is 312 g/mol. The van der Waals surface area contributed by atoms with Gasteiger partial charge in [0, 0.05) is 24.7 Å². The van der Waals surface area contributed by atoms with E-state index >= 15 is 0 Å². The van der Waals surface area contributed by atoms with E-state index in [0.717, 1.165) is 35.5 Å². The van der Waals surface area contributed by atoms with Gasteiger partial charge in [-0.1, -0.05) is 11.6 Å². The maximum atomic E-state index is 12.2. The smallest absolute Gasteiger partial charge is 0.260 e. The van der Waals surface area contributed by atoms with Crippen LogP contribution in [0.3, 0.4) is 0 Å². The molecule has 21 heavy (non-hydrogen) atoms. The molecule has 2 rings (SSSR count). The van der Waals surface area contributed by atoms with E-state index < -0.39 is 0 Å². The molecule has 1 aliphatic heterocycles. The third-order valence-corrected chi connectivity index (χ3v) is 4.50. The number of piperidine rings is 1. The maximum Gasteiger partial charge on any atom is 0.260 e. The van der Waals surface area contributed by atoms with Crippen LogP contribution in [-0.2, 0) is 4.79 Å². The minimum absolute atomic E-state index is 0.0264. The summed E-state index contributed by atoms with van der Waals surface area (Å²) in [6.07, 6.45) is 1.92. The Hall–Kier alpha value is -1.26. The van der Waals surface area contributed by atoms with Crippen molar-refractivity contribution >= 4 is 17.5 Å². The standard InChI is InChI=1S/C16H22ClNO3/c1-11-6-14(7-12(2)16(11)17)21-10-15(20)18-5-3-4-13(8-18)9-19/h6-7,13,19H,3-5,8-10H2,1-2H3. The summed E-state index contributed by atoms with van der Waals surface area (Å²) >= 11 is 6.11. The Morgan fingerprint density at radius 3 is 2.71 bits per heavy atom. The number of aliphatic hydroxyl groups excluding tert-OH is 1. The van der Waals surface area contributed by atoms with Crippen molar-refractivity contribution < 1.29 is 14.6 Å². The lowest BCUT2D eigenvalue weighted by molar-refractivity contribution is -0.135. The molecule has 5 heteroatoms. The number of nitrogens with zero attached hydrogens (tertiary/aromatic N) is 1. The summed E-state index contributed by atoms with van der Waals surface area (Å²) in [5, 5.41) is 9.94. The van der Waals surface area contributed by atoms with Crippen molar-refractivity contribution in [3.8, 4) is 5.75 Å². The molecule has 1 heterocycles. The van der Waals surface area contributed by atoms with Gasteiger partial charge in [-0.25, -0.2) is 0 Å². The first kappa shape index (κ1) is 16.1. The van der Waals surface area contributed by atoms with Gasteiger partial charge in [-0.05, 0) is 55.9 Å². The van der Waals surface area contributed by atoms with Gasteiger partial charge in [0.25, 0.3) is 5.91 Å². The van der Waals surface area contributed by atoms with Crippen molar-refractivity contribution in [2.24, 2.45) is 5.92 Å². The van der Waals surface area contributed by atoms with Crippen molar-refractivity contribution in [2.75, 3.05) is 26.3 Å². The normalized spacial score (nSPS) is 18.7. The first-order chi connectivity index (χ1) is 10.0. The van der Waals surface area contributed by atoms with Crippen LogP contribution < -0.4 is 4.74 Å². The lowest BCUT2D eigenvalue weighted by Gasteiger charge is -2.31. The second kappa shape index (κ2) is 7.14. The number of amides is 1. The lowest BCUT2D eigenvalue weighted by Crippen LogP contribution is -2.43. The highest BCUT2D eigenvalue weighted by Gasteiger charge is 2.23. The number of carbonyl (C=O) groups excluding carboxylic acids is 1. The van der Waals surface area contributed by atoms with Gasteiger partial charge in [0.15, 0.2) is 6.61 Å². The molecule has 1 aromatic rings. The van der Waals surface area contributed by atoms with Crippen LogP contribution in [0.2, 0.25) is 5.02 Å². The van der Waals surface area contributed by atoms with Crippen molar-refractivity contribution in [2.45, 2.75) is 26.7 Å². The SMILES string of the molecule is Cc1cc(OCC(=O)N2CCCC(CO)C2)cc(C)c1Cl. The Kier molecular flexibility index (Phi) is 5.48. The molecule has 1 atom stereocenters. The van der Waals surface area contributed by atoms with Crippen LogP contribution in [0.5, 0.6) is 5.75 Å². The van der Waals surface area contributed by atoms with E-state index in [-0.39, 0.29) is 25.0 Å². The molecule has 0 bridgehead atoms. The van der Waals surface area contributed by atoms with Gasteiger partial charge in [-0.2, -0.15) is 0 Å². The van der Waals surface area contributed by atoms with E-state index in [1.54, 1.807) is 4.90 Å². The third-order valence-electron chi connectivity index (χ3n) is 3.90. The van der Waals surface area contributed by atoms with Crippen LogP contribution in [0.4, 0.5) is 0 Å². The van der Waals surface area contributed by atoms with E-state index in [1.165, 1.54) is 0 Å². The second-order valence-corrected chi connectivity index (χ2v) is 6.07. The van der Waals surface area contributed by atoms with Crippen LogP contribution in [0.25, 0.3) is 0 Å². The van der Waals surface area contributed by atoms with Crippen LogP contribution in [0.15, 0.2) is 12.1 Å². The molecule has 1 unspecified atom stereocenters. The van der Waals surface area contributed by atoms with Crippen LogP contribution in [-0.4, -0.2) is 42.2 Å². The molecule has 1 saturated heterocycles. The number of aliphatic hydroxyl groups is 1. The molecule has 1 aliphatic rings. The Bertz CT molecular complexity index is 495. The number of hydrogen-bond donors (Lipinski definition) is 1. The van der Waals surface area contributed by atoms with Crippen molar-refractivity contribution in [3.63, 3.8) is 0 Å². The quantitative estimate of drug-likeness (QED) is 0.929. The summed E-state index contributed by atoms with van der Waals surface area (Å²) in [4.78, 5) is 13.9. The van der Waals surface area contributed by atoms with E-state index in [1.807, 2.05) is 26.0 Å². The molecule has 116 valence electrons. The molecule has 1 N–H and O–H groups in total. The molecule has 1 aromatic carbocycles. The number of carbonyl (C=O) groups is 1. The molecule has 0 spiro atoms. The molecule has 0 saturated carbocycles. The van der Waals surface area contributed by atoms with Crippen LogP contribution >= 0.6 is 11.6 Å². The van der Waals surface area contributed by atoms with E-state index in [9.17, 15) is 9.90 Å². The van der Waals surface area contributed by atoms with Gasteiger partial charge in [-0.3, -0.25) is 4.79 Å². The van der Waals surface area contributed by atoms with Gasteiger partial charge < -0.3 is 14.7 Å². The predicted octanol–water partition coefficient (Wildman–Crippen LogP) is 2.57. The van der Waals surface area contributed by atoms with Gasteiger partial charge >= 0.3 is 0 Å². The number of aryl methyl sites for hydroxylation is 2. The fourth-order valence-corrected chi connectivity index (χ4v) is 2.78. The molecule has 1 amide bonds. The zero-order chi connectivity index (χ0) is 15.4. The minimum Gasteiger partial charge on any atom is -0.484 e. The molecule has 0 aliphatic carbocycles. The topological polar surface area (TPSA) is 49.8 Å². The number of halogens is 1. The number of ether oxygens (including phenoxy) is 1. The first-order valence-corrected chi connectivity index (χ1v) is 7.67. The molecule has 0 radical (unpaired) electrons. The summed E-state index contributed by atoms with van der Waals surface area (Å²) in [7, 11) is 0. The van der Waals surface area contributed by atoms with E-state index in [2.05, 4.69) is 0 Å². The molecule has 4 nitrogen and oxygen atoms in total. The Morgan fingerprint density at radius 1 is 1.43 bits per heavy atom. The highest BCUT2D eigenvalue weighted by atomic mass is 35.5. The first-order valence-electron chi connectivity index (χ1n) is 7.29. The molecule has 0 aromatic heterocycles. The fourth-order valence-electron chi connectivity index (χ4n) is 2.67. The average Bonchev–Trinajstić information content (AvgIpc) is 2.50. The minimum atomic E-state index is -0.0293. The Labute approximate surface area is 130 Å². The summed E-state index contributed by atoms with van der Waals surface area (Å²) in [5.41, 5.74) is 1.88. The zero-order valence-electron chi connectivity index (χ0n) is 12.6. The second-order valence-electron chi connectivity index (χ2n) is 5.69. The van der Waals surface area contributed by atoms with E-state index in [0.29, 0.717) is 12.3 Å². The van der Waals surface area contributed by atoms with Crippen LogP contribution in [0.1, 0.15) is 24.0 Å². The Balaban J connectivity index is 1.92. The van der Waals surface area contributed by atoms with Crippen molar-refractivity contribution in [1.82, 2.24) is 4.90 Å². The van der Waals surface area contributed by atoms with Crippen molar-refractivity contribution in [3.05, 3.63) is 28.3 Å². The van der Waals surface area contributed by atoms with Crippen molar-refractivity contribution in [1.29, 1.82) is 0 Å². The number of hydrogen-bond acceptors (Lipinski definition) is 3. The third kappa shape index (κ3) is 4.11. The maximum absolute atomic E-state index is 12.2. The van der Waals surface area contributed by atoms with Crippen LogP contribution in [0, 0.1) is 19.8 Å². The summed E-state index contributed by atoms with van der Waals surface area (Å²) in [6.45, 7) is 5.37. The molecular weight excluding hydrogens is 290 g/mol. The fraction of sp³-hybridized carbons (Fsp3) is 0.562. The zero-order valence-corrected chi connectivity index (χ0v) is 13.3. The highest BCUT2D eigenvalue weighted by molar-refractivity contribution is 6.32. The summed E-state index contributed by atoms with van der Waals surface area (Å²) in [5.74, 6) is 0.833. The highest BCUT2D eigenvalue weighted by Crippen LogP contribution is 2.26. The van der Waals surface area contributed by atoms with Gasteiger partial charge in [0.05, 0.1) is 0 Å². The number of benzene rings is 1. The Morgan fingerprint density at radius 2 is 2.10 bits per heavy atom. The largest absolute Gasteiger partial charge is 0.484 e. The van der Waals surface area contributed by atoms with Gasteiger partial charge in [0.2, 0.25) is 0 Å². The van der Waals surface area contributed by atoms with Gasteiger partial charge in [-0.15, -0.1) is 0 Å². The van der Waals surface area contributed by atoms with E-state index in [4.69, 9.17) is 16.3 Å². The lowest BCUT2D eigenvalue weighted by atomic mass is 9.99. The number of likely N-dealkylation sites (tertiary alicyclic amines) is 1. The van der Waals surface area contributed by atoms with Gasteiger partial charge in [0.1, 0.15) is 5.75 Å². The summed E-state index contributed by atoms with van der Waals surface area (Å²) < 4.78 is 5.59. The molecular formula is C16H22ClNO3. The number of rotatable bonds is 4. The summed E-state index contributed by atoms with van der Waals surface area (Å²) in [6, 6.07) is 3.69. The predicted molar refractivity (Wildman–Crippen MR) is 82.8 cm³/mol. The monoisotopic (exact) mass is 311 g/mol. The molecule has 1 fully saturated rings.